The van der Waals surface area contributed by atoms with Crippen LogP contribution >= 0.6 is 22.9 Å². The fourth-order valence-corrected chi connectivity index (χ4v) is 4.19. The SMILES string of the molecule is O=C(Nc1nnc(-c2cccc(Cl)c2)s1)C1CCCN1C(=O)Nc1ccc(F)c(F)c1. The van der Waals surface area contributed by atoms with Gasteiger partial charge in [-0.2, -0.15) is 0 Å². The normalized spacial score (nSPS) is 15.7. The van der Waals surface area contributed by atoms with Gasteiger partial charge < -0.3 is 10.2 Å². The lowest BCUT2D eigenvalue weighted by Gasteiger charge is -2.23. The maximum atomic E-state index is 13.4. The molecule has 2 N–H and O–H groups in total. The lowest BCUT2D eigenvalue weighted by atomic mass is 10.2. The average molecular weight is 464 g/mol. The van der Waals surface area contributed by atoms with E-state index in [2.05, 4.69) is 20.8 Å². The zero-order valence-corrected chi connectivity index (χ0v) is 17.5. The summed E-state index contributed by atoms with van der Waals surface area (Å²) in [6, 6.07) is 8.88. The Morgan fingerprint density at radius 2 is 1.94 bits per heavy atom. The predicted molar refractivity (Wildman–Crippen MR) is 114 cm³/mol. The zero-order valence-electron chi connectivity index (χ0n) is 15.9. The van der Waals surface area contributed by atoms with Crippen molar-refractivity contribution in [2.75, 3.05) is 17.2 Å². The molecule has 11 heteroatoms. The molecule has 1 saturated heterocycles. The molecule has 1 atom stereocenters. The molecule has 160 valence electrons. The number of benzene rings is 2. The second-order valence-corrected chi connectivity index (χ2v) is 8.24. The molecule has 0 aliphatic carbocycles. The van der Waals surface area contributed by atoms with E-state index in [0.717, 1.165) is 17.7 Å². The number of aromatic nitrogens is 2. The third-order valence-electron chi connectivity index (χ3n) is 4.71. The molecular formula is C20H16ClF2N5O2S. The lowest BCUT2D eigenvalue weighted by molar-refractivity contribution is -0.119. The van der Waals surface area contributed by atoms with Gasteiger partial charge in [0.25, 0.3) is 0 Å². The first kappa shape index (κ1) is 21.1. The average Bonchev–Trinajstić information content (AvgIpc) is 3.40. The van der Waals surface area contributed by atoms with Crippen LogP contribution < -0.4 is 10.6 Å². The topological polar surface area (TPSA) is 87.2 Å². The molecule has 0 saturated carbocycles. The highest BCUT2D eigenvalue weighted by molar-refractivity contribution is 7.18. The Labute approximate surface area is 185 Å². The second kappa shape index (κ2) is 8.94. The van der Waals surface area contributed by atoms with E-state index in [4.69, 9.17) is 11.6 Å². The third-order valence-corrected chi connectivity index (χ3v) is 5.84. The van der Waals surface area contributed by atoms with Gasteiger partial charge in [-0.05, 0) is 37.1 Å². The van der Waals surface area contributed by atoms with Crippen molar-refractivity contribution in [3.05, 3.63) is 59.1 Å². The summed E-state index contributed by atoms with van der Waals surface area (Å²) in [5.74, 6) is -2.47. The number of likely N-dealkylation sites (tertiary alicyclic amines) is 1. The first-order valence-corrected chi connectivity index (χ1v) is 10.5. The van der Waals surface area contributed by atoms with Gasteiger partial charge in [-0.1, -0.05) is 35.1 Å². The van der Waals surface area contributed by atoms with E-state index in [1.165, 1.54) is 22.3 Å². The highest BCUT2D eigenvalue weighted by atomic mass is 35.5. The van der Waals surface area contributed by atoms with Crippen molar-refractivity contribution < 1.29 is 18.4 Å². The number of anilines is 2. The summed E-state index contributed by atoms with van der Waals surface area (Å²) < 4.78 is 26.5. The van der Waals surface area contributed by atoms with Crippen molar-refractivity contribution in [1.29, 1.82) is 0 Å². The zero-order chi connectivity index (χ0) is 22.0. The molecule has 1 aliphatic rings. The van der Waals surface area contributed by atoms with E-state index < -0.39 is 29.6 Å². The minimum Gasteiger partial charge on any atom is -0.312 e. The van der Waals surface area contributed by atoms with Gasteiger partial charge in [-0.25, -0.2) is 13.6 Å². The van der Waals surface area contributed by atoms with Gasteiger partial charge in [-0.3, -0.25) is 10.1 Å². The number of urea groups is 1. The molecule has 4 rings (SSSR count). The van der Waals surface area contributed by atoms with Gasteiger partial charge in [0.05, 0.1) is 0 Å². The van der Waals surface area contributed by atoms with Gasteiger partial charge in [-0.15, -0.1) is 10.2 Å². The summed E-state index contributed by atoms with van der Waals surface area (Å²) in [6.07, 6.45) is 1.10. The van der Waals surface area contributed by atoms with Crippen molar-refractivity contribution in [3.63, 3.8) is 0 Å². The van der Waals surface area contributed by atoms with E-state index in [9.17, 15) is 18.4 Å². The number of nitrogens with zero attached hydrogens (tertiary/aromatic N) is 3. The molecule has 0 bridgehead atoms. The van der Waals surface area contributed by atoms with Crippen molar-refractivity contribution in [2.24, 2.45) is 0 Å². The molecule has 0 spiro atoms. The minimum absolute atomic E-state index is 0.102. The smallest absolute Gasteiger partial charge is 0.312 e. The molecule has 7 nitrogen and oxygen atoms in total. The van der Waals surface area contributed by atoms with Crippen molar-refractivity contribution in [2.45, 2.75) is 18.9 Å². The number of amides is 3. The van der Waals surface area contributed by atoms with Crippen LogP contribution in [0, 0.1) is 11.6 Å². The number of hydrogen-bond acceptors (Lipinski definition) is 5. The Hall–Kier alpha value is -3.11. The monoisotopic (exact) mass is 463 g/mol. The Balaban J connectivity index is 1.42. The summed E-state index contributed by atoms with van der Waals surface area (Å²) >= 11 is 7.18. The largest absolute Gasteiger partial charge is 0.322 e. The number of carbonyl (C=O) groups is 2. The molecule has 1 aromatic heterocycles. The Kier molecular flexibility index (Phi) is 6.10. The molecule has 3 aromatic rings. The molecule has 2 heterocycles. The maximum absolute atomic E-state index is 13.4. The number of rotatable bonds is 4. The van der Waals surface area contributed by atoms with Gasteiger partial charge >= 0.3 is 6.03 Å². The quantitative estimate of drug-likeness (QED) is 0.583. The summed E-state index contributed by atoms with van der Waals surface area (Å²) in [5, 5.41) is 14.7. The van der Waals surface area contributed by atoms with Crippen LogP contribution in [0.25, 0.3) is 10.6 Å². The van der Waals surface area contributed by atoms with Crippen LogP contribution in [0.1, 0.15) is 12.8 Å². The fraction of sp³-hybridized carbons (Fsp3) is 0.200. The van der Waals surface area contributed by atoms with Gasteiger partial charge in [0.2, 0.25) is 11.0 Å². The third kappa shape index (κ3) is 4.80. The Morgan fingerprint density at radius 1 is 1.10 bits per heavy atom. The van der Waals surface area contributed by atoms with Crippen molar-refractivity contribution in [1.82, 2.24) is 15.1 Å². The van der Waals surface area contributed by atoms with E-state index in [-0.39, 0.29) is 5.69 Å². The first-order chi connectivity index (χ1) is 14.9. The predicted octanol–water partition coefficient (Wildman–Crippen LogP) is 4.77. The molecule has 1 unspecified atom stereocenters. The highest BCUT2D eigenvalue weighted by Gasteiger charge is 2.34. The van der Waals surface area contributed by atoms with Gasteiger partial charge in [0, 0.05) is 28.9 Å². The van der Waals surface area contributed by atoms with Crippen molar-refractivity contribution in [3.8, 4) is 10.6 Å². The fourth-order valence-electron chi connectivity index (χ4n) is 3.25. The first-order valence-electron chi connectivity index (χ1n) is 9.34. The van der Waals surface area contributed by atoms with Gasteiger partial charge in [0.15, 0.2) is 11.6 Å². The molecule has 1 fully saturated rings. The van der Waals surface area contributed by atoms with E-state index >= 15 is 0 Å². The van der Waals surface area contributed by atoms with Crippen LogP contribution in [0.3, 0.4) is 0 Å². The molecular weight excluding hydrogens is 448 g/mol. The van der Waals surface area contributed by atoms with E-state index in [1.807, 2.05) is 6.07 Å². The van der Waals surface area contributed by atoms with E-state index in [0.29, 0.717) is 34.5 Å². The molecule has 2 aromatic carbocycles. The highest BCUT2D eigenvalue weighted by Crippen LogP contribution is 2.29. The molecule has 31 heavy (non-hydrogen) atoms. The maximum Gasteiger partial charge on any atom is 0.322 e. The summed E-state index contributed by atoms with van der Waals surface area (Å²) in [6.45, 7) is 0.359. The molecule has 1 aliphatic heterocycles. The summed E-state index contributed by atoms with van der Waals surface area (Å²) in [4.78, 5) is 26.7. The van der Waals surface area contributed by atoms with Crippen LogP contribution in [-0.4, -0.2) is 39.6 Å². The summed E-state index contributed by atoms with van der Waals surface area (Å²) in [7, 11) is 0. The minimum atomic E-state index is -1.07. The van der Waals surface area contributed by atoms with Crippen LogP contribution in [0.15, 0.2) is 42.5 Å². The van der Waals surface area contributed by atoms with Crippen LogP contribution in [0.5, 0.6) is 0 Å². The second-order valence-electron chi connectivity index (χ2n) is 6.82. The van der Waals surface area contributed by atoms with Crippen molar-refractivity contribution >= 4 is 45.7 Å². The standard InChI is InChI=1S/C20H16ClF2N5O2S/c21-12-4-1-3-11(9-12)18-26-27-19(31-18)25-17(29)16-5-2-8-28(16)20(30)24-13-6-7-14(22)15(23)10-13/h1,3-4,6-7,9-10,16H,2,5,8H2,(H,24,30)(H,25,27,29). The molecule has 3 amide bonds. The number of hydrogen-bond donors (Lipinski definition) is 2. The van der Waals surface area contributed by atoms with Crippen LogP contribution in [0.2, 0.25) is 5.02 Å². The Bertz CT molecular complexity index is 1140. The van der Waals surface area contributed by atoms with Crippen LogP contribution in [0.4, 0.5) is 24.4 Å². The lowest BCUT2D eigenvalue weighted by Crippen LogP contribution is -2.45. The number of nitrogens with one attached hydrogen (secondary N) is 2. The Morgan fingerprint density at radius 3 is 2.71 bits per heavy atom. The number of halogens is 3. The number of carbonyl (C=O) groups excluding carboxylic acids is 2. The van der Waals surface area contributed by atoms with E-state index in [1.54, 1.807) is 18.2 Å². The summed E-state index contributed by atoms with van der Waals surface area (Å²) in [5.41, 5.74) is 0.879. The van der Waals surface area contributed by atoms with Gasteiger partial charge in [0.1, 0.15) is 11.0 Å². The molecule has 0 radical (unpaired) electrons. The van der Waals surface area contributed by atoms with Crippen LogP contribution in [-0.2, 0) is 4.79 Å².